The smallest absolute Gasteiger partial charge is 0.410 e. The van der Waals surface area contributed by atoms with Crippen molar-refractivity contribution >= 4 is 6.09 Å². The molecule has 1 saturated heterocycles. The molecule has 0 unspecified atom stereocenters. The topological polar surface area (TPSA) is 29.5 Å². The van der Waals surface area contributed by atoms with Crippen molar-refractivity contribution in [2.45, 2.75) is 71.1 Å². The minimum absolute atomic E-state index is 0.184. The van der Waals surface area contributed by atoms with Crippen molar-refractivity contribution in [3.8, 4) is 0 Å². The van der Waals surface area contributed by atoms with E-state index in [1.54, 1.807) is 0 Å². The molecule has 3 heteroatoms. The van der Waals surface area contributed by atoms with Gasteiger partial charge in [0.25, 0.3) is 0 Å². The van der Waals surface area contributed by atoms with Crippen LogP contribution in [0.2, 0.25) is 0 Å². The van der Waals surface area contributed by atoms with Crippen LogP contribution in [0.5, 0.6) is 0 Å². The van der Waals surface area contributed by atoms with Gasteiger partial charge in [-0.05, 0) is 53.4 Å². The molecule has 0 aromatic rings. The molecule has 0 spiro atoms. The van der Waals surface area contributed by atoms with Gasteiger partial charge in [-0.25, -0.2) is 4.79 Å². The van der Waals surface area contributed by atoms with E-state index in [1.807, 2.05) is 31.7 Å². The van der Waals surface area contributed by atoms with Crippen LogP contribution in [0, 0.1) is 0 Å². The lowest BCUT2D eigenvalue weighted by Crippen LogP contribution is -2.50. The average Bonchev–Trinajstić information content (AvgIpc) is 2.15. The van der Waals surface area contributed by atoms with Gasteiger partial charge in [0.2, 0.25) is 0 Å². The third-order valence-corrected chi connectivity index (χ3v) is 3.07. The van der Waals surface area contributed by atoms with Crippen molar-refractivity contribution in [3.63, 3.8) is 0 Å². The van der Waals surface area contributed by atoms with E-state index in [2.05, 4.69) is 13.5 Å². The van der Waals surface area contributed by atoms with Crippen LogP contribution in [0.15, 0.2) is 12.7 Å². The van der Waals surface area contributed by atoms with Crippen molar-refractivity contribution in [3.05, 3.63) is 12.7 Å². The number of amides is 1. The summed E-state index contributed by atoms with van der Waals surface area (Å²) in [6.07, 6.45) is 5.85. The Hall–Kier alpha value is -0.990. The van der Waals surface area contributed by atoms with Crippen LogP contribution < -0.4 is 0 Å². The fourth-order valence-electron chi connectivity index (χ4n) is 2.35. The number of carbonyl (C=O) groups is 1. The van der Waals surface area contributed by atoms with Crippen LogP contribution in [0.4, 0.5) is 4.79 Å². The number of likely N-dealkylation sites (tertiary alicyclic amines) is 1. The first kappa shape index (κ1) is 14.1. The van der Waals surface area contributed by atoms with Gasteiger partial charge in [-0.3, -0.25) is 0 Å². The molecule has 0 bridgehead atoms. The van der Waals surface area contributed by atoms with E-state index >= 15 is 0 Å². The summed E-state index contributed by atoms with van der Waals surface area (Å²) < 4.78 is 5.48. The largest absolute Gasteiger partial charge is 0.444 e. The molecule has 1 aliphatic rings. The molecule has 0 aromatic carbocycles. The number of carbonyl (C=O) groups excluding carboxylic acids is 1. The van der Waals surface area contributed by atoms with Crippen LogP contribution >= 0.6 is 0 Å². The summed E-state index contributed by atoms with van der Waals surface area (Å²) in [5, 5.41) is 0. The quantitative estimate of drug-likeness (QED) is 0.687. The molecule has 0 radical (unpaired) electrons. The van der Waals surface area contributed by atoms with Crippen molar-refractivity contribution < 1.29 is 9.53 Å². The van der Waals surface area contributed by atoms with E-state index in [0.29, 0.717) is 0 Å². The zero-order chi connectivity index (χ0) is 13.1. The first-order valence-corrected chi connectivity index (χ1v) is 6.47. The van der Waals surface area contributed by atoms with E-state index in [-0.39, 0.29) is 18.2 Å². The summed E-state index contributed by atoms with van der Waals surface area (Å²) in [5.74, 6) is 0. The molecule has 17 heavy (non-hydrogen) atoms. The van der Waals surface area contributed by atoms with Gasteiger partial charge >= 0.3 is 6.09 Å². The Kier molecular flexibility index (Phi) is 4.61. The molecular weight excluding hydrogens is 214 g/mol. The van der Waals surface area contributed by atoms with E-state index < -0.39 is 5.60 Å². The second-order valence-corrected chi connectivity index (χ2v) is 5.85. The first-order valence-electron chi connectivity index (χ1n) is 6.47. The molecule has 1 amide bonds. The van der Waals surface area contributed by atoms with Gasteiger partial charge < -0.3 is 9.64 Å². The molecule has 0 aliphatic carbocycles. The maximum atomic E-state index is 12.2. The average molecular weight is 239 g/mol. The maximum Gasteiger partial charge on any atom is 0.410 e. The Labute approximate surface area is 105 Å². The second-order valence-electron chi connectivity index (χ2n) is 5.85. The highest BCUT2D eigenvalue weighted by Gasteiger charge is 2.33. The maximum absolute atomic E-state index is 12.2. The highest BCUT2D eigenvalue weighted by molar-refractivity contribution is 5.69. The third kappa shape index (κ3) is 4.06. The molecule has 0 aromatic heterocycles. The zero-order valence-electron chi connectivity index (χ0n) is 11.5. The lowest BCUT2D eigenvalue weighted by atomic mass is 9.95. The number of hydrogen-bond acceptors (Lipinski definition) is 2. The van der Waals surface area contributed by atoms with Crippen molar-refractivity contribution in [2.24, 2.45) is 0 Å². The summed E-state index contributed by atoms with van der Waals surface area (Å²) in [6.45, 7) is 11.6. The third-order valence-electron chi connectivity index (χ3n) is 3.07. The van der Waals surface area contributed by atoms with Crippen molar-refractivity contribution in [1.29, 1.82) is 0 Å². The molecule has 0 saturated carbocycles. The highest BCUT2D eigenvalue weighted by Crippen LogP contribution is 2.27. The Morgan fingerprint density at radius 3 is 2.65 bits per heavy atom. The molecule has 3 nitrogen and oxygen atoms in total. The van der Waals surface area contributed by atoms with Gasteiger partial charge in [0.15, 0.2) is 0 Å². The predicted octanol–water partition coefficient (Wildman–Crippen LogP) is 3.74. The normalized spacial score (nSPS) is 25.5. The van der Waals surface area contributed by atoms with Crippen LogP contribution in [-0.2, 0) is 4.74 Å². The number of rotatable bonds is 2. The molecule has 1 heterocycles. The molecule has 1 rings (SSSR count). The summed E-state index contributed by atoms with van der Waals surface area (Å²) in [5.41, 5.74) is -0.424. The van der Waals surface area contributed by atoms with Crippen molar-refractivity contribution in [2.75, 3.05) is 0 Å². The summed E-state index contributed by atoms with van der Waals surface area (Å²) in [7, 11) is 0. The van der Waals surface area contributed by atoms with Crippen LogP contribution in [-0.4, -0.2) is 28.7 Å². The Morgan fingerprint density at radius 1 is 1.47 bits per heavy atom. The minimum atomic E-state index is -0.424. The second kappa shape index (κ2) is 5.56. The van der Waals surface area contributed by atoms with E-state index in [1.165, 1.54) is 6.42 Å². The predicted molar refractivity (Wildman–Crippen MR) is 70.0 cm³/mol. The summed E-state index contributed by atoms with van der Waals surface area (Å²) >= 11 is 0. The van der Waals surface area contributed by atoms with Gasteiger partial charge in [0.1, 0.15) is 5.60 Å². The number of hydrogen-bond donors (Lipinski definition) is 0. The first-order chi connectivity index (χ1) is 7.85. The summed E-state index contributed by atoms with van der Waals surface area (Å²) in [4.78, 5) is 14.1. The van der Waals surface area contributed by atoms with Gasteiger partial charge in [0, 0.05) is 12.1 Å². The van der Waals surface area contributed by atoms with Crippen LogP contribution in [0.1, 0.15) is 53.4 Å². The lowest BCUT2D eigenvalue weighted by molar-refractivity contribution is -0.00226. The van der Waals surface area contributed by atoms with Gasteiger partial charge in [-0.2, -0.15) is 0 Å². The fraction of sp³-hybridized carbons (Fsp3) is 0.786. The summed E-state index contributed by atoms with van der Waals surface area (Å²) in [6, 6.07) is 0.523. The van der Waals surface area contributed by atoms with Gasteiger partial charge in [-0.15, -0.1) is 6.58 Å². The van der Waals surface area contributed by atoms with Crippen molar-refractivity contribution in [1.82, 2.24) is 4.90 Å². The van der Waals surface area contributed by atoms with E-state index in [4.69, 9.17) is 4.74 Å². The Bertz CT molecular complexity index is 280. The van der Waals surface area contributed by atoms with Gasteiger partial charge in [-0.1, -0.05) is 6.08 Å². The zero-order valence-corrected chi connectivity index (χ0v) is 11.5. The van der Waals surface area contributed by atoms with E-state index in [0.717, 1.165) is 19.3 Å². The molecule has 1 aliphatic heterocycles. The fourth-order valence-corrected chi connectivity index (χ4v) is 2.35. The lowest BCUT2D eigenvalue weighted by Gasteiger charge is -2.40. The molecule has 2 atom stereocenters. The van der Waals surface area contributed by atoms with Crippen LogP contribution in [0.25, 0.3) is 0 Å². The Morgan fingerprint density at radius 2 is 2.12 bits per heavy atom. The molecular formula is C14H25NO2. The minimum Gasteiger partial charge on any atom is -0.444 e. The number of nitrogens with zero attached hydrogens (tertiary/aromatic N) is 1. The highest BCUT2D eigenvalue weighted by atomic mass is 16.6. The van der Waals surface area contributed by atoms with Crippen LogP contribution in [0.3, 0.4) is 0 Å². The van der Waals surface area contributed by atoms with Gasteiger partial charge in [0.05, 0.1) is 0 Å². The number of piperidine rings is 1. The number of ether oxygens (including phenoxy) is 1. The monoisotopic (exact) mass is 239 g/mol. The van der Waals surface area contributed by atoms with E-state index in [9.17, 15) is 4.79 Å². The molecule has 0 N–H and O–H groups in total. The SMILES string of the molecule is C=CC[C@@H]1CCC[C@H](C)N1C(=O)OC(C)(C)C. The molecule has 1 fully saturated rings. The standard InChI is InChI=1S/C14H25NO2/c1-6-8-12-10-7-9-11(2)15(12)13(16)17-14(3,4)5/h6,11-12H,1,7-10H2,2-5H3/t11-,12+/m0/s1. The Balaban J connectivity index is 2.74. The molecule has 98 valence electrons.